The van der Waals surface area contributed by atoms with Gasteiger partial charge in [0.05, 0.1) is 24.1 Å². The number of methoxy groups -OCH3 is 1. The number of benzene rings is 1. The van der Waals surface area contributed by atoms with Gasteiger partial charge in [0.15, 0.2) is 0 Å². The van der Waals surface area contributed by atoms with Crippen LogP contribution in [0.2, 0.25) is 0 Å². The second-order valence-electron chi connectivity index (χ2n) is 6.59. The monoisotopic (exact) mass is 374 g/mol. The molecular weight excluding hydrogens is 352 g/mol. The van der Waals surface area contributed by atoms with E-state index >= 15 is 0 Å². The summed E-state index contributed by atoms with van der Waals surface area (Å²) in [6.45, 7) is 3.35. The fourth-order valence-electron chi connectivity index (χ4n) is 3.48. The quantitative estimate of drug-likeness (QED) is 0.729. The summed E-state index contributed by atoms with van der Waals surface area (Å²) in [5.41, 5.74) is 1.07. The van der Waals surface area contributed by atoms with E-state index in [1.54, 1.807) is 7.11 Å². The first-order valence-electron chi connectivity index (χ1n) is 8.68. The third-order valence-corrected chi connectivity index (χ3v) is 5.92. The average Bonchev–Trinajstić information content (AvgIpc) is 3.15. The van der Waals surface area contributed by atoms with Crippen LogP contribution in [0, 0.1) is 6.92 Å². The molecule has 7 nitrogen and oxygen atoms in total. The number of aliphatic hydroxyl groups is 1. The molecule has 138 valence electrons. The summed E-state index contributed by atoms with van der Waals surface area (Å²) < 4.78 is 6.77. The number of aryl methyl sites for hydroxylation is 1. The van der Waals surface area contributed by atoms with Crippen LogP contribution in [-0.4, -0.2) is 56.0 Å². The summed E-state index contributed by atoms with van der Waals surface area (Å²) >= 11 is 1.46. The van der Waals surface area contributed by atoms with E-state index in [0.717, 1.165) is 42.1 Å². The summed E-state index contributed by atoms with van der Waals surface area (Å²) in [6.07, 6.45) is 1.21. The van der Waals surface area contributed by atoms with Gasteiger partial charge >= 0.3 is 0 Å². The Kier molecular flexibility index (Phi) is 4.56. The molecule has 0 bridgehead atoms. The molecule has 1 atom stereocenters. The molecule has 1 aliphatic rings. The van der Waals surface area contributed by atoms with Crippen LogP contribution < -0.4 is 4.74 Å². The Bertz CT molecular complexity index is 897. The number of aromatic hydroxyl groups is 1. The smallest absolute Gasteiger partial charge is 0.230 e. The highest BCUT2D eigenvalue weighted by Gasteiger charge is 2.31. The highest BCUT2D eigenvalue weighted by atomic mass is 32.1. The number of hydrogen-bond donors (Lipinski definition) is 2. The molecule has 2 aromatic heterocycles. The van der Waals surface area contributed by atoms with Crippen LogP contribution in [0.4, 0.5) is 0 Å². The molecule has 26 heavy (non-hydrogen) atoms. The molecule has 4 rings (SSSR count). The summed E-state index contributed by atoms with van der Waals surface area (Å²) in [5.74, 6) is 1.57. The van der Waals surface area contributed by atoms with Crippen molar-refractivity contribution < 1.29 is 14.9 Å². The van der Waals surface area contributed by atoms with Gasteiger partial charge in [-0.25, -0.2) is 4.98 Å². The number of nitrogens with zero attached hydrogens (tertiary/aromatic N) is 4. The van der Waals surface area contributed by atoms with Gasteiger partial charge in [0, 0.05) is 13.1 Å². The molecule has 3 heterocycles. The first-order chi connectivity index (χ1) is 12.6. The van der Waals surface area contributed by atoms with Crippen molar-refractivity contribution in [2.24, 2.45) is 0 Å². The minimum absolute atomic E-state index is 0.109. The van der Waals surface area contributed by atoms with Crippen molar-refractivity contribution in [1.82, 2.24) is 19.5 Å². The SMILES string of the molecule is COc1ccc([C@H](c2sc3nc(C)nn3c2O)N2CCC(O)CC2)cc1. The van der Waals surface area contributed by atoms with Crippen LogP contribution in [0.25, 0.3) is 4.96 Å². The number of hydrogen-bond acceptors (Lipinski definition) is 7. The van der Waals surface area contributed by atoms with Gasteiger partial charge in [-0.3, -0.25) is 4.90 Å². The van der Waals surface area contributed by atoms with Crippen LogP contribution in [0.15, 0.2) is 24.3 Å². The number of thiazole rings is 1. The average molecular weight is 374 g/mol. The number of likely N-dealkylation sites (tertiary alicyclic amines) is 1. The number of piperidine rings is 1. The zero-order valence-corrected chi connectivity index (χ0v) is 15.6. The summed E-state index contributed by atoms with van der Waals surface area (Å²) in [6, 6.07) is 7.80. The Labute approximate surface area is 155 Å². The van der Waals surface area contributed by atoms with Gasteiger partial charge < -0.3 is 14.9 Å². The van der Waals surface area contributed by atoms with Crippen molar-refractivity contribution in [3.8, 4) is 11.6 Å². The normalized spacial score (nSPS) is 17.7. The van der Waals surface area contributed by atoms with Gasteiger partial charge in [-0.05, 0) is 37.5 Å². The standard InChI is InChI=1S/C18H22N4O3S/c1-11-19-18-22(20-11)17(24)16(26-18)15(21-9-7-13(23)8-10-21)12-3-5-14(25-2)6-4-12/h3-6,13,15,23-24H,7-10H2,1-2H3/t15-/m1/s1. The van der Waals surface area contributed by atoms with Crippen molar-refractivity contribution >= 4 is 16.3 Å². The molecule has 3 aromatic rings. The Morgan fingerprint density at radius 3 is 2.54 bits per heavy atom. The van der Waals surface area contributed by atoms with E-state index in [-0.39, 0.29) is 18.0 Å². The summed E-state index contributed by atoms with van der Waals surface area (Å²) in [5, 5.41) is 24.9. The zero-order chi connectivity index (χ0) is 18.3. The predicted molar refractivity (Wildman–Crippen MR) is 98.9 cm³/mol. The molecule has 0 amide bonds. The minimum Gasteiger partial charge on any atom is -0.497 e. The van der Waals surface area contributed by atoms with Crippen LogP contribution in [-0.2, 0) is 0 Å². The first-order valence-corrected chi connectivity index (χ1v) is 9.49. The topological polar surface area (TPSA) is 83.1 Å². The fourth-order valence-corrected chi connectivity index (χ4v) is 4.65. The first kappa shape index (κ1) is 17.3. The lowest BCUT2D eigenvalue weighted by Crippen LogP contribution is -2.38. The van der Waals surface area contributed by atoms with E-state index in [1.165, 1.54) is 15.9 Å². The Hall–Kier alpha value is -2.16. The molecule has 1 saturated heterocycles. The Morgan fingerprint density at radius 2 is 1.92 bits per heavy atom. The molecule has 0 unspecified atom stereocenters. The lowest BCUT2D eigenvalue weighted by atomic mass is 9.99. The molecule has 0 radical (unpaired) electrons. The predicted octanol–water partition coefficient (Wildman–Crippen LogP) is 2.36. The number of aromatic nitrogens is 3. The third kappa shape index (κ3) is 3.04. The highest BCUT2D eigenvalue weighted by molar-refractivity contribution is 7.17. The van der Waals surface area contributed by atoms with E-state index in [1.807, 2.05) is 31.2 Å². The molecule has 0 spiro atoms. The molecule has 1 aromatic carbocycles. The maximum atomic E-state index is 10.8. The Balaban J connectivity index is 1.77. The number of ether oxygens (including phenoxy) is 1. The van der Waals surface area contributed by atoms with Gasteiger partial charge in [-0.2, -0.15) is 4.52 Å². The maximum absolute atomic E-state index is 10.8. The molecule has 1 aliphatic heterocycles. The van der Waals surface area contributed by atoms with Crippen LogP contribution in [0.3, 0.4) is 0 Å². The largest absolute Gasteiger partial charge is 0.497 e. The Morgan fingerprint density at radius 1 is 1.23 bits per heavy atom. The number of rotatable bonds is 4. The van der Waals surface area contributed by atoms with Crippen LogP contribution >= 0.6 is 11.3 Å². The molecule has 1 fully saturated rings. The lowest BCUT2D eigenvalue weighted by Gasteiger charge is -2.36. The molecule has 2 N–H and O–H groups in total. The van der Waals surface area contributed by atoms with Gasteiger partial charge in [-0.1, -0.05) is 23.5 Å². The zero-order valence-electron chi connectivity index (χ0n) is 14.8. The van der Waals surface area contributed by atoms with E-state index in [4.69, 9.17) is 4.74 Å². The van der Waals surface area contributed by atoms with Crippen molar-refractivity contribution in [2.75, 3.05) is 20.2 Å². The second kappa shape index (κ2) is 6.86. The second-order valence-corrected chi connectivity index (χ2v) is 7.60. The van der Waals surface area contributed by atoms with Crippen LogP contribution in [0.1, 0.15) is 35.1 Å². The van der Waals surface area contributed by atoms with Crippen molar-refractivity contribution in [1.29, 1.82) is 0 Å². The molecule has 0 aliphatic carbocycles. The highest BCUT2D eigenvalue weighted by Crippen LogP contribution is 2.41. The third-order valence-electron chi connectivity index (χ3n) is 4.85. The molecular formula is C18H22N4O3S. The fraction of sp³-hybridized carbons (Fsp3) is 0.444. The molecule has 0 saturated carbocycles. The molecule has 8 heteroatoms. The maximum Gasteiger partial charge on any atom is 0.230 e. The van der Waals surface area contributed by atoms with E-state index in [0.29, 0.717) is 10.8 Å². The lowest BCUT2D eigenvalue weighted by molar-refractivity contribution is 0.0689. The minimum atomic E-state index is -0.249. The van der Waals surface area contributed by atoms with Crippen LogP contribution in [0.5, 0.6) is 11.6 Å². The number of fused-ring (bicyclic) bond motifs is 1. The van der Waals surface area contributed by atoms with Crippen molar-refractivity contribution in [3.63, 3.8) is 0 Å². The van der Waals surface area contributed by atoms with Gasteiger partial charge in [0.1, 0.15) is 11.6 Å². The van der Waals surface area contributed by atoms with Gasteiger partial charge in [-0.15, -0.1) is 5.10 Å². The van der Waals surface area contributed by atoms with Crippen molar-refractivity contribution in [3.05, 3.63) is 40.5 Å². The number of aliphatic hydroxyl groups excluding tert-OH is 1. The van der Waals surface area contributed by atoms with E-state index in [2.05, 4.69) is 15.0 Å². The van der Waals surface area contributed by atoms with E-state index < -0.39 is 0 Å². The van der Waals surface area contributed by atoms with Gasteiger partial charge in [0.2, 0.25) is 10.8 Å². The van der Waals surface area contributed by atoms with Gasteiger partial charge in [0.25, 0.3) is 0 Å². The van der Waals surface area contributed by atoms with Crippen molar-refractivity contribution in [2.45, 2.75) is 31.9 Å². The van der Waals surface area contributed by atoms with E-state index in [9.17, 15) is 10.2 Å². The summed E-state index contributed by atoms with van der Waals surface area (Å²) in [7, 11) is 1.65. The summed E-state index contributed by atoms with van der Waals surface area (Å²) in [4.78, 5) is 8.19.